The minimum atomic E-state index is -0.608. The van der Waals surface area contributed by atoms with Crippen LogP contribution in [0.25, 0.3) is 0 Å². The summed E-state index contributed by atoms with van der Waals surface area (Å²) in [6.45, 7) is 8.81. The number of carbonyl (C=O) groups excluding carboxylic acids is 1. The maximum Gasteiger partial charge on any atom is 0.332 e. The number of rotatable bonds is 4. The molecule has 4 nitrogen and oxygen atoms in total. The normalized spacial score (nSPS) is 23.4. The van der Waals surface area contributed by atoms with E-state index in [1.54, 1.807) is 0 Å². The second kappa shape index (κ2) is 6.03. The Balaban J connectivity index is 2.56. The lowest BCUT2D eigenvalue weighted by Crippen LogP contribution is -2.29. The van der Waals surface area contributed by atoms with E-state index < -0.39 is 6.03 Å². The number of hydrogen-bond donors (Lipinski definition) is 2. The van der Waals surface area contributed by atoms with Gasteiger partial charge in [-0.15, -0.1) is 0 Å². The first kappa shape index (κ1) is 14.7. The van der Waals surface area contributed by atoms with Gasteiger partial charge in [-0.2, -0.15) is 5.10 Å². The molecule has 18 heavy (non-hydrogen) atoms. The standard InChI is InChI=1S/C14H25N3O/c1-10-6-5-9-14(3,4)12(10)8-7-11(2)16-17-13(15)18/h6,12H,5,7-9H2,1-4H3,(H3,15,17,18)/b16-11-/t12-/m1/s1. The number of urea groups is 1. The Hall–Kier alpha value is -1.32. The van der Waals surface area contributed by atoms with E-state index in [1.165, 1.54) is 18.4 Å². The maximum atomic E-state index is 10.6. The van der Waals surface area contributed by atoms with Gasteiger partial charge in [0.25, 0.3) is 0 Å². The smallest absolute Gasteiger partial charge is 0.332 e. The minimum Gasteiger partial charge on any atom is -0.350 e. The van der Waals surface area contributed by atoms with Gasteiger partial charge >= 0.3 is 6.03 Å². The zero-order chi connectivity index (χ0) is 13.8. The van der Waals surface area contributed by atoms with Crippen molar-refractivity contribution < 1.29 is 4.79 Å². The highest BCUT2D eigenvalue weighted by Crippen LogP contribution is 2.43. The highest BCUT2D eigenvalue weighted by Gasteiger charge is 2.32. The van der Waals surface area contributed by atoms with Crippen LogP contribution in [0.2, 0.25) is 0 Å². The molecule has 0 aliphatic heterocycles. The third kappa shape index (κ3) is 4.17. The van der Waals surface area contributed by atoms with E-state index in [9.17, 15) is 4.79 Å². The number of nitrogens with two attached hydrogens (primary N) is 1. The zero-order valence-corrected chi connectivity index (χ0v) is 11.9. The summed E-state index contributed by atoms with van der Waals surface area (Å²) >= 11 is 0. The van der Waals surface area contributed by atoms with Crippen molar-refractivity contribution in [2.45, 2.75) is 53.4 Å². The topological polar surface area (TPSA) is 67.5 Å². The van der Waals surface area contributed by atoms with Crippen LogP contribution in [0.1, 0.15) is 53.4 Å². The van der Waals surface area contributed by atoms with Crippen molar-refractivity contribution in [3.8, 4) is 0 Å². The van der Waals surface area contributed by atoms with E-state index >= 15 is 0 Å². The summed E-state index contributed by atoms with van der Waals surface area (Å²) < 4.78 is 0. The fourth-order valence-corrected chi connectivity index (χ4v) is 2.78. The Labute approximate surface area is 110 Å². The molecule has 0 saturated carbocycles. The molecule has 0 saturated heterocycles. The third-order valence-corrected chi connectivity index (χ3v) is 3.90. The molecule has 0 aromatic rings. The molecule has 4 heteroatoms. The number of primary amides is 1. The highest BCUT2D eigenvalue weighted by molar-refractivity contribution is 5.83. The number of nitrogens with one attached hydrogen (secondary N) is 1. The molecule has 3 N–H and O–H groups in total. The fraction of sp³-hybridized carbons (Fsp3) is 0.714. The van der Waals surface area contributed by atoms with E-state index in [1.807, 2.05) is 6.92 Å². The largest absolute Gasteiger partial charge is 0.350 e. The van der Waals surface area contributed by atoms with Gasteiger partial charge in [0, 0.05) is 5.71 Å². The van der Waals surface area contributed by atoms with Gasteiger partial charge in [-0.1, -0.05) is 25.5 Å². The molecule has 2 amide bonds. The Morgan fingerprint density at radius 1 is 1.61 bits per heavy atom. The van der Waals surface area contributed by atoms with Crippen molar-refractivity contribution in [1.82, 2.24) is 5.43 Å². The molecule has 0 radical (unpaired) electrons. The minimum absolute atomic E-state index is 0.357. The SMILES string of the molecule is CC1=CCCC(C)(C)[C@@H]1CC/C(C)=N\NC(N)=O. The molecular formula is C14H25N3O. The highest BCUT2D eigenvalue weighted by atomic mass is 16.2. The molecule has 1 aliphatic rings. The van der Waals surface area contributed by atoms with Crippen LogP contribution in [-0.2, 0) is 0 Å². The Morgan fingerprint density at radius 3 is 2.83 bits per heavy atom. The number of allylic oxidation sites excluding steroid dienone is 2. The van der Waals surface area contributed by atoms with E-state index in [0.29, 0.717) is 11.3 Å². The van der Waals surface area contributed by atoms with Crippen LogP contribution in [-0.4, -0.2) is 11.7 Å². The average Bonchev–Trinajstić information content (AvgIpc) is 2.24. The summed E-state index contributed by atoms with van der Waals surface area (Å²) in [5, 5.41) is 3.95. The van der Waals surface area contributed by atoms with Crippen LogP contribution in [0.4, 0.5) is 4.79 Å². The van der Waals surface area contributed by atoms with Gasteiger partial charge in [-0.25, -0.2) is 10.2 Å². The molecule has 0 unspecified atom stereocenters. The summed E-state index contributed by atoms with van der Waals surface area (Å²) in [5.74, 6) is 0.602. The van der Waals surface area contributed by atoms with E-state index in [2.05, 4.69) is 37.4 Å². The quantitative estimate of drug-likeness (QED) is 0.450. The van der Waals surface area contributed by atoms with Crippen molar-refractivity contribution in [2.75, 3.05) is 0 Å². The van der Waals surface area contributed by atoms with Gasteiger partial charge < -0.3 is 5.73 Å². The molecule has 0 fully saturated rings. The van der Waals surface area contributed by atoms with Gasteiger partial charge in [-0.05, 0) is 50.9 Å². The average molecular weight is 251 g/mol. The number of amides is 2. The first-order chi connectivity index (χ1) is 8.33. The summed E-state index contributed by atoms with van der Waals surface area (Å²) in [7, 11) is 0. The molecule has 0 spiro atoms. The van der Waals surface area contributed by atoms with Crippen molar-refractivity contribution in [3.63, 3.8) is 0 Å². The Kier molecular flexibility index (Phi) is 4.93. The molecule has 1 rings (SSSR count). The number of hydrogen-bond acceptors (Lipinski definition) is 2. The monoisotopic (exact) mass is 251 g/mol. The number of carbonyl (C=O) groups is 1. The van der Waals surface area contributed by atoms with Crippen molar-refractivity contribution >= 4 is 11.7 Å². The molecule has 0 aromatic carbocycles. The number of hydrazone groups is 1. The lowest BCUT2D eigenvalue weighted by molar-refractivity contribution is 0.206. The van der Waals surface area contributed by atoms with Gasteiger partial charge in [0.15, 0.2) is 0 Å². The van der Waals surface area contributed by atoms with E-state index in [-0.39, 0.29) is 0 Å². The summed E-state index contributed by atoms with van der Waals surface area (Å²) in [5.41, 5.74) is 10.0. The van der Waals surface area contributed by atoms with Crippen molar-refractivity contribution in [3.05, 3.63) is 11.6 Å². The Morgan fingerprint density at radius 2 is 2.28 bits per heavy atom. The molecule has 0 heterocycles. The van der Waals surface area contributed by atoms with E-state index in [4.69, 9.17) is 5.73 Å². The Bertz CT molecular complexity index is 369. The van der Waals surface area contributed by atoms with Crippen molar-refractivity contribution in [1.29, 1.82) is 0 Å². The third-order valence-electron chi connectivity index (χ3n) is 3.90. The molecule has 1 aliphatic carbocycles. The van der Waals surface area contributed by atoms with Crippen LogP contribution >= 0.6 is 0 Å². The van der Waals surface area contributed by atoms with Crippen LogP contribution in [0, 0.1) is 11.3 Å². The molecule has 0 aromatic heterocycles. The summed E-state index contributed by atoms with van der Waals surface area (Å²) in [6, 6.07) is -0.608. The predicted molar refractivity (Wildman–Crippen MR) is 75.3 cm³/mol. The van der Waals surface area contributed by atoms with Crippen molar-refractivity contribution in [2.24, 2.45) is 22.2 Å². The second-order valence-electron chi connectivity index (χ2n) is 5.89. The van der Waals surface area contributed by atoms with Crippen LogP contribution in [0.5, 0.6) is 0 Å². The summed E-state index contributed by atoms with van der Waals surface area (Å²) in [6.07, 6.45) is 6.74. The lowest BCUT2D eigenvalue weighted by atomic mass is 9.67. The van der Waals surface area contributed by atoms with Crippen LogP contribution in [0.3, 0.4) is 0 Å². The lowest BCUT2D eigenvalue weighted by Gasteiger charge is -2.38. The van der Waals surface area contributed by atoms with Gasteiger partial charge in [0.05, 0.1) is 0 Å². The van der Waals surface area contributed by atoms with Crippen LogP contribution in [0.15, 0.2) is 16.8 Å². The molecule has 0 bridgehead atoms. The predicted octanol–water partition coefficient (Wildman–Crippen LogP) is 3.19. The molecule has 1 atom stereocenters. The van der Waals surface area contributed by atoms with Gasteiger partial charge in [0.2, 0.25) is 0 Å². The molecular weight excluding hydrogens is 226 g/mol. The second-order valence-corrected chi connectivity index (χ2v) is 5.89. The van der Waals surface area contributed by atoms with Gasteiger partial charge in [0.1, 0.15) is 0 Å². The van der Waals surface area contributed by atoms with Crippen LogP contribution < -0.4 is 11.2 Å². The summed E-state index contributed by atoms with van der Waals surface area (Å²) in [4.78, 5) is 10.6. The maximum absolute atomic E-state index is 10.6. The van der Waals surface area contributed by atoms with E-state index in [0.717, 1.165) is 18.6 Å². The van der Waals surface area contributed by atoms with Gasteiger partial charge in [-0.3, -0.25) is 0 Å². The zero-order valence-electron chi connectivity index (χ0n) is 11.9. The first-order valence-corrected chi connectivity index (χ1v) is 6.58. The number of nitrogens with zero attached hydrogens (tertiary/aromatic N) is 1. The first-order valence-electron chi connectivity index (χ1n) is 6.58. The molecule has 102 valence electrons. The fourth-order valence-electron chi connectivity index (χ4n) is 2.78.